The molecule has 78 valence electrons. The standard InChI is InChI=1S/C9H11F2NO2/c1-4(12)7-8(11)5(10)3-6(14-2)9(7)13/h3-4,13H,12H2,1-2H3. The van der Waals surface area contributed by atoms with Crippen molar-refractivity contribution in [2.75, 3.05) is 7.11 Å². The highest BCUT2D eigenvalue weighted by atomic mass is 19.2. The highest BCUT2D eigenvalue weighted by Crippen LogP contribution is 2.36. The highest BCUT2D eigenvalue weighted by molar-refractivity contribution is 5.48. The average molecular weight is 203 g/mol. The van der Waals surface area contributed by atoms with Crippen LogP contribution in [0.15, 0.2) is 6.07 Å². The second kappa shape index (κ2) is 3.79. The Morgan fingerprint density at radius 2 is 2.07 bits per heavy atom. The predicted molar refractivity (Wildman–Crippen MR) is 47.2 cm³/mol. The molecular weight excluding hydrogens is 192 g/mol. The zero-order valence-corrected chi connectivity index (χ0v) is 7.84. The van der Waals surface area contributed by atoms with Gasteiger partial charge in [-0.1, -0.05) is 0 Å². The van der Waals surface area contributed by atoms with Crippen LogP contribution in [0, 0.1) is 11.6 Å². The van der Waals surface area contributed by atoms with E-state index in [9.17, 15) is 13.9 Å². The maximum absolute atomic E-state index is 13.2. The molecule has 3 N–H and O–H groups in total. The number of phenolic OH excluding ortho intramolecular Hbond substituents is 1. The largest absolute Gasteiger partial charge is 0.504 e. The molecular formula is C9H11F2NO2. The zero-order chi connectivity index (χ0) is 10.9. The molecule has 0 heterocycles. The molecule has 1 aromatic rings. The number of phenols is 1. The first-order valence-electron chi connectivity index (χ1n) is 3.99. The summed E-state index contributed by atoms with van der Waals surface area (Å²) in [6.45, 7) is 1.44. The normalized spacial score (nSPS) is 12.6. The Morgan fingerprint density at radius 1 is 1.50 bits per heavy atom. The number of hydrogen-bond donors (Lipinski definition) is 2. The van der Waals surface area contributed by atoms with E-state index in [0.29, 0.717) is 0 Å². The lowest BCUT2D eigenvalue weighted by Gasteiger charge is -2.13. The van der Waals surface area contributed by atoms with Crippen molar-refractivity contribution < 1.29 is 18.6 Å². The van der Waals surface area contributed by atoms with Crippen molar-refractivity contribution in [2.45, 2.75) is 13.0 Å². The van der Waals surface area contributed by atoms with E-state index < -0.39 is 23.4 Å². The van der Waals surface area contributed by atoms with Crippen molar-refractivity contribution in [1.29, 1.82) is 0 Å². The molecule has 0 aliphatic heterocycles. The molecule has 0 bridgehead atoms. The second-order valence-corrected chi connectivity index (χ2v) is 2.93. The van der Waals surface area contributed by atoms with Gasteiger partial charge in [0.15, 0.2) is 23.1 Å². The van der Waals surface area contributed by atoms with Crippen molar-refractivity contribution in [3.63, 3.8) is 0 Å². The van der Waals surface area contributed by atoms with Crippen LogP contribution >= 0.6 is 0 Å². The van der Waals surface area contributed by atoms with Crippen molar-refractivity contribution >= 4 is 0 Å². The fraction of sp³-hybridized carbons (Fsp3) is 0.333. The molecule has 1 unspecified atom stereocenters. The Hall–Kier alpha value is -1.36. The minimum atomic E-state index is -1.14. The van der Waals surface area contributed by atoms with Crippen molar-refractivity contribution in [3.05, 3.63) is 23.3 Å². The van der Waals surface area contributed by atoms with Gasteiger partial charge in [-0.2, -0.15) is 0 Å². The van der Waals surface area contributed by atoms with E-state index in [0.717, 1.165) is 6.07 Å². The van der Waals surface area contributed by atoms with Gasteiger partial charge >= 0.3 is 0 Å². The maximum atomic E-state index is 13.2. The zero-order valence-electron chi connectivity index (χ0n) is 7.84. The molecule has 0 saturated heterocycles. The molecule has 0 spiro atoms. The van der Waals surface area contributed by atoms with Gasteiger partial charge in [-0.05, 0) is 6.92 Å². The van der Waals surface area contributed by atoms with E-state index in [1.165, 1.54) is 14.0 Å². The molecule has 0 fully saturated rings. The molecule has 0 aromatic heterocycles. The number of hydrogen-bond acceptors (Lipinski definition) is 3. The Morgan fingerprint density at radius 3 is 2.50 bits per heavy atom. The molecule has 1 aromatic carbocycles. The van der Waals surface area contributed by atoms with Crippen LogP contribution in [0.5, 0.6) is 11.5 Å². The topological polar surface area (TPSA) is 55.5 Å². The number of methoxy groups -OCH3 is 1. The first-order chi connectivity index (χ1) is 6.49. The molecule has 0 radical (unpaired) electrons. The summed E-state index contributed by atoms with van der Waals surface area (Å²) in [6.07, 6.45) is 0. The number of nitrogens with two attached hydrogens (primary N) is 1. The summed E-state index contributed by atoms with van der Waals surface area (Å²) in [5, 5.41) is 9.45. The summed E-state index contributed by atoms with van der Waals surface area (Å²) in [4.78, 5) is 0. The predicted octanol–water partition coefficient (Wildman–Crippen LogP) is 1.70. The van der Waals surface area contributed by atoms with Crippen LogP contribution in [0.25, 0.3) is 0 Å². The molecule has 1 atom stereocenters. The Bertz CT molecular complexity index is 353. The summed E-state index contributed by atoms with van der Waals surface area (Å²) >= 11 is 0. The second-order valence-electron chi connectivity index (χ2n) is 2.93. The Balaban J connectivity index is 3.45. The van der Waals surface area contributed by atoms with Crippen LogP contribution in [-0.2, 0) is 0 Å². The van der Waals surface area contributed by atoms with E-state index in [4.69, 9.17) is 5.73 Å². The summed E-state index contributed by atoms with van der Waals surface area (Å²) in [7, 11) is 1.25. The third-order valence-electron chi connectivity index (χ3n) is 1.87. The Labute approximate surface area is 80.1 Å². The van der Waals surface area contributed by atoms with Gasteiger partial charge in [0, 0.05) is 12.1 Å². The minimum Gasteiger partial charge on any atom is -0.504 e. The molecule has 0 aliphatic rings. The Kier molecular flexibility index (Phi) is 2.90. The van der Waals surface area contributed by atoms with Gasteiger partial charge in [-0.3, -0.25) is 0 Å². The van der Waals surface area contributed by atoms with Crippen molar-refractivity contribution in [3.8, 4) is 11.5 Å². The van der Waals surface area contributed by atoms with Gasteiger partial charge in [-0.15, -0.1) is 0 Å². The van der Waals surface area contributed by atoms with Crippen LogP contribution in [-0.4, -0.2) is 12.2 Å². The molecule has 14 heavy (non-hydrogen) atoms. The molecule has 0 aliphatic carbocycles. The van der Waals surface area contributed by atoms with Crippen molar-refractivity contribution in [1.82, 2.24) is 0 Å². The first kappa shape index (κ1) is 10.7. The SMILES string of the molecule is COc1cc(F)c(F)c(C(C)N)c1O. The van der Waals surface area contributed by atoms with Crippen LogP contribution in [0.2, 0.25) is 0 Å². The molecule has 5 heteroatoms. The number of rotatable bonds is 2. The van der Waals surface area contributed by atoms with Gasteiger partial charge in [0.2, 0.25) is 0 Å². The average Bonchev–Trinajstić information content (AvgIpc) is 2.11. The summed E-state index contributed by atoms with van der Waals surface area (Å²) < 4.78 is 30.8. The van der Waals surface area contributed by atoms with Crippen molar-refractivity contribution in [2.24, 2.45) is 5.73 Å². The summed E-state index contributed by atoms with van der Waals surface area (Å²) in [5.41, 5.74) is 5.11. The van der Waals surface area contributed by atoms with Gasteiger partial charge in [0.05, 0.1) is 12.7 Å². The third-order valence-corrected chi connectivity index (χ3v) is 1.87. The third kappa shape index (κ3) is 1.63. The lowest BCUT2D eigenvalue weighted by Crippen LogP contribution is -2.09. The van der Waals surface area contributed by atoms with Gasteiger partial charge in [-0.25, -0.2) is 8.78 Å². The number of halogens is 2. The first-order valence-corrected chi connectivity index (χ1v) is 3.99. The molecule has 0 amide bonds. The summed E-state index contributed by atoms with van der Waals surface area (Å²) in [5.74, 6) is -2.82. The van der Waals surface area contributed by atoms with E-state index in [-0.39, 0.29) is 11.3 Å². The van der Waals surface area contributed by atoms with E-state index in [2.05, 4.69) is 4.74 Å². The quantitative estimate of drug-likeness (QED) is 0.769. The van der Waals surface area contributed by atoms with E-state index in [1.807, 2.05) is 0 Å². The van der Waals surface area contributed by atoms with E-state index >= 15 is 0 Å². The molecule has 1 rings (SSSR count). The smallest absolute Gasteiger partial charge is 0.167 e. The lowest BCUT2D eigenvalue weighted by molar-refractivity contribution is 0.356. The summed E-state index contributed by atoms with van der Waals surface area (Å²) in [6, 6.07) is -0.0316. The maximum Gasteiger partial charge on any atom is 0.167 e. The number of aromatic hydroxyl groups is 1. The van der Waals surface area contributed by atoms with Crippen LogP contribution in [0.4, 0.5) is 8.78 Å². The van der Waals surface area contributed by atoms with Gasteiger partial charge in [0.1, 0.15) is 0 Å². The van der Waals surface area contributed by atoms with Crippen LogP contribution in [0.1, 0.15) is 18.5 Å². The number of benzene rings is 1. The molecule has 0 saturated carbocycles. The monoisotopic (exact) mass is 203 g/mol. The minimum absolute atomic E-state index is 0.129. The van der Waals surface area contributed by atoms with Gasteiger partial charge < -0.3 is 15.6 Å². The van der Waals surface area contributed by atoms with Crippen LogP contribution in [0.3, 0.4) is 0 Å². The van der Waals surface area contributed by atoms with Crippen LogP contribution < -0.4 is 10.5 Å². The fourth-order valence-corrected chi connectivity index (χ4v) is 1.18. The fourth-order valence-electron chi connectivity index (χ4n) is 1.18. The highest BCUT2D eigenvalue weighted by Gasteiger charge is 2.20. The van der Waals surface area contributed by atoms with Gasteiger partial charge in [0.25, 0.3) is 0 Å². The molecule has 3 nitrogen and oxygen atoms in total. The van der Waals surface area contributed by atoms with E-state index in [1.54, 1.807) is 0 Å². The lowest BCUT2D eigenvalue weighted by atomic mass is 10.1. The number of ether oxygens (including phenoxy) is 1.